The van der Waals surface area contributed by atoms with E-state index in [0.29, 0.717) is 0 Å². The third-order valence-electron chi connectivity index (χ3n) is 4.90. The molecule has 2 aromatic rings. The Morgan fingerprint density at radius 3 is 1.58 bits per heavy atom. The first-order valence-electron chi connectivity index (χ1n) is 10.2. The van der Waals surface area contributed by atoms with E-state index in [1.807, 2.05) is 0 Å². The van der Waals surface area contributed by atoms with Gasteiger partial charge in [-0.25, -0.2) is 0 Å². The highest BCUT2D eigenvalue weighted by atomic mass is 35.5. The lowest BCUT2D eigenvalue weighted by Gasteiger charge is -2.05. The molecule has 0 saturated carbocycles. The van der Waals surface area contributed by atoms with Gasteiger partial charge in [0.05, 0.1) is 0 Å². The van der Waals surface area contributed by atoms with Crippen LogP contribution < -0.4 is 0 Å². The molecule has 0 N–H and O–H groups in total. The zero-order valence-corrected chi connectivity index (χ0v) is 17.2. The molecular weight excluding hydrogens is 336 g/mol. The van der Waals surface area contributed by atoms with Crippen molar-refractivity contribution in [2.45, 2.75) is 71.6 Å². The van der Waals surface area contributed by atoms with Crippen LogP contribution in [0.15, 0.2) is 59.6 Å². The highest BCUT2D eigenvalue weighted by Gasteiger charge is 1.99. The zero-order valence-electron chi connectivity index (χ0n) is 16.4. The van der Waals surface area contributed by atoms with Crippen LogP contribution in [0.25, 0.3) is 0 Å². The lowest BCUT2D eigenvalue weighted by atomic mass is 10.0. The van der Waals surface area contributed by atoms with Gasteiger partial charge >= 0.3 is 0 Å². The summed E-state index contributed by atoms with van der Waals surface area (Å²) in [6.45, 7) is 4.48. The molecule has 2 aromatic carbocycles. The molecule has 0 aliphatic rings. The Balaban J connectivity index is 1.77. The van der Waals surface area contributed by atoms with Crippen molar-refractivity contribution in [3.8, 4) is 0 Å². The van der Waals surface area contributed by atoms with Gasteiger partial charge in [0.15, 0.2) is 0 Å². The number of allylic oxidation sites excluding steroid dienone is 2. The van der Waals surface area contributed by atoms with Crippen molar-refractivity contribution in [1.82, 2.24) is 0 Å². The van der Waals surface area contributed by atoms with E-state index < -0.39 is 0 Å². The normalized spacial score (nSPS) is 11.7. The second-order valence-corrected chi connectivity index (χ2v) is 7.68. The van der Waals surface area contributed by atoms with Gasteiger partial charge in [-0.1, -0.05) is 92.9 Å². The van der Waals surface area contributed by atoms with Crippen LogP contribution in [0.1, 0.15) is 68.2 Å². The summed E-state index contributed by atoms with van der Waals surface area (Å²) >= 11 is 6.44. The van der Waals surface area contributed by atoms with Crippen molar-refractivity contribution in [2.24, 2.45) is 0 Å². The second-order valence-electron chi connectivity index (χ2n) is 7.20. The quantitative estimate of drug-likeness (QED) is 0.381. The molecule has 0 saturated heterocycles. The molecule has 0 atom stereocenters. The van der Waals surface area contributed by atoms with Crippen LogP contribution in [0.5, 0.6) is 0 Å². The summed E-state index contributed by atoms with van der Waals surface area (Å²) in [4.78, 5) is 0. The number of halogens is 1. The molecule has 0 nitrogen and oxygen atoms in total. The summed E-state index contributed by atoms with van der Waals surface area (Å²) in [5.41, 5.74) is 5.59. The van der Waals surface area contributed by atoms with Crippen molar-refractivity contribution >= 4 is 11.6 Å². The van der Waals surface area contributed by atoms with E-state index in [-0.39, 0.29) is 0 Å². The fourth-order valence-corrected chi connectivity index (χ4v) is 3.24. The molecule has 0 fully saturated rings. The van der Waals surface area contributed by atoms with E-state index in [4.69, 9.17) is 11.6 Å². The molecule has 140 valence electrons. The predicted octanol–water partition coefficient (Wildman–Crippen LogP) is 7.67. The largest absolute Gasteiger partial charge is 0.0895 e. The van der Waals surface area contributed by atoms with Crippen molar-refractivity contribution in [3.63, 3.8) is 0 Å². The molecule has 0 aliphatic heterocycles. The number of unbranched alkanes of at least 4 members (excludes halogenated alkanes) is 2. The van der Waals surface area contributed by atoms with Gasteiger partial charge < -0.3 is 0 Å². The fourth-order valence-electron chi connectivity index (χ4n) is 3.07. The van der Waals surface area contributed by atoms with Crippen LogP contribution in [0, 0.1) is 0 Å². The minimum Gasteiger partial charge on any atom is -0.0895 e. The lowest BCUT2D eigenvalue weighted by molar-refractivity contribution is 0.794. The molecule has 0 unspecified atom stereocenters. The first-order valence-corrected chi connectivity index (χ1v) is 10.6. The molecule has 0 aliphatic carbocycles. The number of hydrogen-bond acceptors (Lipinski definition) is 0. The Labute approximate surface area is 165 Å². The van der Waals surface area contributed by atoms with E-state index in [1.54, 1.807) is 0 Å². The van der Waals surface area contributed by atoms with Gasteiger partial charge in [0.2, 0.25) is 0 Å². The van der Waals surface area contributed by atoms with E-state index in [9.17, 15) is 0 Å². The Kier molecular flexibility index (Phi) is 9.56. The van der Waals surface area contributed by atoms with Crippen molar-refractivity contribution < 1.29 is 0 Å². The highest BCUT2D eigenvalue weighted by Crippen LogP contribution is 2.16. The number of aryl methyl sites for hydroxylation is 3. The van der Waals surface area contributed by atoms with Gasteiger partial charge in [0.25, 0.3) is 0 Å². The third-order valence-corrected chi connectivity index (χ3v) is 5.24. The second kappa shape index (κ2) is 12.0. The van der Waals surface area contributed by atoms with Crippen LogP contribution in [0.3, 0.4) is 0 Å². The minimum atomic E-state index is 0.919. The van der Waals surface area contributed by atoms with Gasteiger partial charge in [-0.2, -0.15) is 0 Å². The van der Waals surface area contributed by atoms with Gasteiger partial charge in [-0.3, -0.25) is 0 Å². The maximum atomic E-state index is 6.44. The number of rotatable bonds is 11. The average molecular weight is 369 g/mol. The fraction of sp³-hybridized carbons (Fsp3) is 0.440. The summed E-state index contributed by atoms with van der Waals surface area (Å²) < 4.78 is 0. The summed E-state index contributed by atoms with van der Waals surface area (Å²) in [7, 11) is 0. The Bertz CT molecular complexity index is 650. The van der Waals surface area contributed by atoms with Crippen LogP contribution in [-0.2, 0) is 25.7 Å². The summed E-state index contributed by atoms with van der Waals surface area (Å²) in [6, 6.07) is 18.0. The molecule has 0 aromatic heterocycles. The van der Waals surface area contributed by atoms with Crippen LogP contribution in [-0.4, -0.2) is 0 Å². The van der Waals surface area contributed by atoms with Crippen LogP contribution in [0.4, 0.5) is 0 Å². The van der Waals surface area contributed by atoms with Gasteiger partial charge in [0, 0.05) is 5.03 Å². The standard InChI is InChI=1S/C25H33Cl/c1-3-5-7-21-9-13-23(14-10-21)17-19-25(26)20-18-24-15-11-22(12-16-24)8-6-4-2/h9-16,19H,3-8,17-18,20H2,1-2H3/b25-19-. The minimum absolute atomic E-state index is 0.919. The molecule has 0 spiro atoms. The van der Waals surface area contributed by atoms with E-state index >= 15 is 0 Å². The Hall–Kier alpha value is -1.53. The van der Waals surface area contributed by atoms with E-state index in [1.165, 1.54) is 60.8 Å². The maximum absolute atomic E-state index is 6.44. The van der Waals surface area contributed by atoms with Gasteiger partial charge in [-0.05, 0) is 67.2 Å². The molecule has 0 amide bonds. The van der Waals surface area contributed by atoms with Crippen molar-refractivity contribution in [3.05, 3.63) is 81.9 Å². The zero-order chi connectivity index (χ0) is 18.6. The van der Waals surface area contributed by atoms with Gasteiger partial charge in [0.1, 0.15) is 0 Å². The van der Waals surface area contributed by atoms with Crippen molar-refractivity contribution in [1.29, 1.82) is 0 Å². The SMILES string of the molecule is CCCCc1ccc(C/C=C(\Cl)CCc2ccc(CCCC)cc2)cc1. The van der Waals surface area contributed by atoms with Gasteiger partial charge in [-0.15, -0.1) is 0 Å². The van der Waals surface area contributed by atoms with Crippen LogP contribution >= 0.6 is 11.6 Å². The third kappa shape index (κ3) is 7.79. The summed E-state index contributed by atoms with van der Waals surface area (Å²) in [6.07, 6.45) is 12.4. The number of hydrogen-bond donors (Lipinski definition) is 0. The molecular formula is C25H33Cl. The molecule has 0 heterocycles. The molecule has 1 heteroatoms. The molecule has 26 heavy (non-hydrogen) atoms. The van der Waals surface area contributed by atoms with Crippen LogP contribution in [0.2, 0.25) is 0 Å². The Morgan fingerprint density at radius 2 is 1.12 bits per heavy atom. The highest BCUT2D eigenvalue weighted by molar-refractivity contribution is 6.29. The van der Waals surface area contributed by atoms with E-state index in [0.717, 1.165) is 24.3 Å². The van der Waals surface area contributed by atoms with Crippen molar-refractivity contribution in [2.75, 3.05) is 0 Å². The first-order chi connectivity index (χ1) is 12.7. The molecule has 0 bridgehead atoms. The summed E-state index contributed by atoms with van der Waals surface area (Å²) in [5.74, 6) is 0. The van der Waals surface area contributed by atoms with E-state index in [2.05, 4.69) is 68.5 Å². The average Bonchev–Trinajstić information content (AvgIpc) is 2.69. The topological polar surface area (TPSA) is 0 Å². The maximum Gasteiger partial charge on any atom is 0.0147 e. The smallest absolute Gasteiger partial charge is 0.0147 e. The molecule has 0 radical (unpaired) electrons. The predicted molar refractivity (Wildman–Crippen MR) is 116 cm³/mol. The monoisotopic (exact) mass is 368 g/mol. The Morgan fingerprint density at radius 1 is 0.692 bits per heavy atom. The first kappa shape index (κ1) is 20.8. The lowest BCUT2D eigenvalue weighted by Crippen LogP contribution is -1.90. The number of benzene rings is 2. The summed E-state index contributed by atoms with van der Waals surface area (Å²) in [5, 5.41) is 0.968. The molecule has 2 rings (SSSR count).